The minimum atomic E-state index is -0.949. The highest BCUT2D eigenvalue weighted by Gasteiger charge is 2.41. The highest BCUT2D eigenvalue weighted by molar-refractivity contribution is 5.88. The van der Waals surface area contributed by atoms with Crippen molar-refractivity contribution in [3.05, 3.63) is 132 Å². The number of alkyl carbamates (subject to hydrolysis) is 2. The minimum Gasteiger partial charge on any atom is -0.453 e. The Morgan fingerprint density at radius 1 is 0.778 bits per heavy atom. The number of benzene rings is 2. The Bertz CT molecular complexity index is 2470. The summed E-state index contributed by atoms with van der Waals surface area (Å²) in [6.07, 6.45) is 17.7. The van der Waals surface area contributed by atoms with Gasteiger partial charge in [-0.3, -0.25) is 14.6 Å². The van der Waals surface area contributed by atoms with Crippen LogP contribution in [-0.2, 0) is 19.1 Å². The zero-order chi connectivity index (χ0) is 44.2. The lowest BCUT2D eigenvalue weighted by molar-refractivity contribution is -0.136. The van der Waals surface area contributed by atoms with Crippen LogP contribution in [0.5, 0.6) is 0 Å². The van der Waals surface area contributed by atoms with Crippen LogP contribution in [-0.4, -0.2) is 99.8 Å². The van der Waals surface area contributed by atoms with Gasteiger partial charge in [0.15, 0.2) is 0 Å². The number of H-pyrrole nitrogens is 2. The summed E-state index contributed by atoms with van der Waals surface area (Å²) in [5.41, 5.74) is 6.57. The summed E-state index contributed by atoms with van der Waals surface area (Å²) in [5, 5.41) is 5.41. The number of hydrogen-bond acceptors (Lipinski definition) is 9. The number of imidazole rings is 2. The smallest absolute Gasteiger partial charge is 0.407 e. The third-order valence-corrected chi connectivity index (χ3v) is 12.4. The number of aromatic amines is 2. The molecule has 0 bridgehead atoms. The molecule has 15 heteroatoms. The van der Waals surface area contributed by atoms with Gasteiger partial charge in [0.1, 0.15) is 23.7 Å². The number of aromatic nitrogens is 4. The Morgan fingerprint density at radius 3 is 2.08 bits per heavy atom. The van der Waals surface area contributed by atoms with Crippen molar-refractivity contribution in [3.63, 3.8) is 0 Å². The van der Waals surface area contributed by atoms with Crippen molar-refractivity contribution in [2.24, 2.45) is 22.7 Å². The van der Waals surface area contributed by atoms with Gasteiger partial charge in [0.25, 0.3) is 5.91 Å². The number of nitrogens with zero attached hydrogens (tertiary/aromatic N) is 5. The van der Waals surface area contributed by atoms with E-state index in [0.717, 1.165) is 52.3 Å². The molecule has 8 rings (SSSR count). The van der Waals surface area contributed by atoms with Gasteiger partial charge < -0.3 is 39.9 Å². The van der Waals surface area contributed by atoms with E-state index < -0.39 is 30.3 Å². The molecule has 0 radical (unpaired) electrons. The van der Waals surface area contributed by atoms with E-state index in [1.165, 1.54) is 14.2 Å². The first-order chi connectivity index (χ1) is 30.5. The fourth-order valence-corrected chi connectivity index (χ4v) is 8.98. The summed E-state index contributed by atoms with van der Waals surface area (Å²) in [7, 11) is 2.56. The van der Waals surface area contributed by atoms with Gasteiger partial charge in [0, 0.05) is 24.9 Å². The molecule has 63 heavy (non-hydrogen) atoms. The lowest BCUT2D eigenvalue weighted by atomic mass is 9.79. The number of likely N-dealkylation sites (tertiary alicyclic amines) is 2. The van der Waals surface area contributed by atoms with E-state index in [4.69, 9.17) is 19.4 Å². The average molecular weight is 852 g/mol. The van der Waals surface area contributed by atoms with Gasteiger partial charge in [-0.05, 0) is 59.7 Å². The number of fused-ring (bicyclic) bond motifs is 1. The van der Waals surface area contributed by atoms with Crippen molar-refractivity contribution in [2.45, 2.75) is 63.3 Å². The number of methoxy groups -OCH3 is 2. The molecule has 2 saturated heterocycles. The number of carbonyl (C=O) groups excluding carboxylic acids is 4. The first-order valence-electron chi connectivity index (χ1n) is 21.4. The molecule has 2 aromatic carbocycles. The molecule has 2 aromatic heterocycles. The molecule has 0 spiro atoms. The second-order valence-corrected chi connectivity index (χ2v) is 16.7. The summed E-state index contributed by atoms with van der Waals surface area (Å²) in [6.45, 7) is 8.50. The second-order valence-electron chi connectivity index (χ2n) is 16.7. The SMILES string of the molecule is C=N[C@H]1C[C@@H](c2ncc(C3=CC4C=CC(c5ccc(-c6cnc([C@@H]7CCCN7C(=O)[C@@H](NC(=O)OC)C(C)C)[nH]6)cc5)=CC4C=C3)[nH]2)N(C(=O)[C@H](NC(=O)OC)c2ccccc2)C1. The molecule has 326 valence electrons. The van der Waals surface area contributed by atoms with Gasteiger partial charge >= 0.3 is 12.2 Å². The molecule has 4 N–H and O–H groups in total. The Hall–Kier alpha value is -7.03. The largest absolute Gasteiger partial charge is 0.453 e. The van der Waals surface area contributed by atoms with Crippen molar-refractivity contribution >= 4 is 41.9 Å². The van der Waals surface area contributed by atoms with Crippen LogP contribution in [0.4, 0.5) is 9.59 Å². The minimum absolute atomic E-state index is 0.109. The van der Waals surface area contributed by atoms with E-state index in [-0.39, 0.29) is 41.7 Å². The van der Waals surface area contributed by atoms with Gasteiger partial charge in [-0.1, -0.05) is 105 Å². The van der Waals surface area contributed by atoms with Crippen LogP contribution in [0.15, 0.2) is 108 Å². The first-order valence-corrected chi connectivity index (χ1v) is 21.4. The molecule has 2 fully saturated rings. The highest BCUT2D eigenvalue weighted by Crippen LogP contribution is 2.39. The zero-order valence-corrected chi connectivity index (χ0v) is 35.9. The summed E-state index contributed by atoms with van der Waals surface area (Å²) in [6, 6.07) is 15.0. The van der Waals surface area contributed by atoms with E-state index in [9.17, 15) is 19.2 Å². The molecular weight excluding hydrogens is 799 g/mol. The third-order valence-electron chi connectivity index (χ3n) is 12.4. The standard InChI is InChI=1S/C48H53N9O6/c1-28(2)41(54-47(60)62-4)45(58)56-21-9-12-39(56)43-50-25-37(52-43)30-15-13-29(14-16-30)32-17-18-34-23-35(20-19-33(34)22-32)38-26-51-44(53-38)40-24-36(49-3)27-57(40)46(59)42(55-48(61)63-5)31-10-7-6-8-11-31/h6-8,10-11,13-20,22-23,25-26,28,33-34,36,39-42H,3,9,12,21,24,27H2,1-2,4-5H3,(H,50,52)(H,51,53)(H,54,60)(H,55,61)/t33?,34?,36-,39-,40-,41-,42+/m0/s1. The van der Waals surface area contributed by atoms with Crippen molar-refractivity contribution in [3.8, 4) is 11.3 Å². The molecule has 4 aliphatic rings. The number of ether oxygens (including phenoxy) is 2. The molecule has 2 aliphatic heterocycles. The lowest BCUT2D eigenvalue weighted by Crippen LogP contribution is -2.51. The number of carbonyl (C=O) groups is 4. The quantitative estimate of drug-likeness (QED) is 0.109. The number of allylic oxidation sites excluding steroid dienone is 8. The fraction of sp³-hybridized carbons (Fsp3) is 0.354. The van der Waals surface area contributed by atoms with Crippen molar-refractivity contribution in [2.75, 3.05) is 27.3 Å². The first kappa shape index (κ1) is 42.7. The number of hydrogen-bond donors (Lipinski definition) is 4. The molecule has 4 heterocycles. The third kappa shape index (κ3) is 8.99. The predicted octanol–water partition coefficient (Wildman–Crippen LogP) is 7.12. The van der Waals surface area contributed by atoms with Crippen LogP contribution in [0.1, 0.15) is 79.7 Å². The number of nitrogens with one attached hydrogen (secondary N) is 4. The normalized spacial score (nSPS) is 22.5. The Balaban J connectivity index is 0.924. The summed E-state index contributed by atoms with van der Waals surface area (Å²) in [4.78, 5) is 76.3. The van der Waals surface area contributed by atoms with E-state index in [2.05, 4.69) is 93.0 Å². The van der Waals surface area contributed by atoms with Crippen LogP contribution < -0.4 is 10.6 Å². The highest BCUT2D eigenvalue weighted by atomic mass is 16.5. The average Bonchev–Trinajstić information content (AvgIpc) is 4.16. The van der Waals surface area contributed by atoms with Crippen molar-refractivity contribution in [1.82, 2.24) is 40.4 Å². The molecule has 2 unspecified atom stereocenters. The maximum absolute atomic E-state index is 14.1. The van der Waals surface area contributed by atoms with E-state index in [0.29, 0.717) is 30.9 Å². The summed E-state index contributed by atoms with van der Waals surface area (Å²) < 4.78 is 9.62. The summed E-state index contributed by atoms with van der Waals surface area (Å²) in [5.74, 6) is 1.15. The Labute approximate surface area is 366 Å². The van der Waals surface area contributed by atoms with Crippen LogP contribution in [0.2, 0.25) is 0 Å². The zero-order valence-electron chi connectivity index (χ0n) is 35.9. The van der Waals surface area contributed by atoms with Gasteiger partial charge in [-0.15, -0.1) is 0 Å². The Kier molecular flexibility index (Phi) is 12.5. The van der Waals surface area contributed by atoms with Crippen molar-refractivity contribution in [1.29, 1.82) is 0 Å². The van der Waals surface area contributed by atoms with E-state index in [1.807, 2.05) is 43.1 Å². The van der Waals surface area contributed by atoms with Gasteiger partial charge in [0.05, 0.1) is 56.1 Å². The lowest BCUT2D eigenvalue weighted by Gasteiger charge is -2.30. The van der Waals surface area contributed by atoms with E-state index >= 15 is 0 Å². The van der Waals surface area contributed by atoms with Crippen molar-refractivity contribution < 1.29 is 28.7 Å². The fourth-order valence-electron chi connectivity index (χ4n) is 8.98. The molecule has 7 atom stereocenters. The molecule has 4 aromatic rings. The van der Waals surface area contributed by atoms with E-state index in [1.54, 1.807) is 23.2 Å². The molecular formula is C48H53N9O6. The molecule has 4 amide bonds. The second kappa shape index (κ2) is 18.5. The van der Waals surface area contributed by atoms with Gasteiger partial charge in [-0.2, -0.15) is 0 Å². The maximum atomic E-state index is 14.1. The maximum Gasteiger partial charge on any atom is 0.407 e. The number of rotatable bonds is 12. The topological polar surface area (TPSA) is 187 Å². The van der Waals surface area contributed by atoms with Crippen LogP contribution in [0.25, 0.3) is 22.4 Å². The Morgan fingerprint density at radius 2 is 1.40 bits per heavy atom. The summed E-state index contributed by atoms with van der Waals surface area (Å²) >= 11 is 0. The number of amides is 4. The van der Waals surface area contributed by atoms with Crippen LogP contribution in [0, 0.1) is 17.8 Å². The van der Waals surface area contributed by atoms with Crippen LogP contribution in [0.3, 0.4) is 0 Å². The molecule has 2 aliphatic carbocycles. The number of aliphatic imine (C=N–C) groups is 1. The van der Waals surface area contributed by atoms with Crippen LogP contribution >= 0.6 is 0 Å². The van der Waals surface area contributed by atoms with Gasteiger partial charge in [-0.25, -0.2) is 19.6 Å². The monoisotopic (exact) mass is 851 g/mol. The predicted molar refractivity (Wildman–Crippen MR) is 239 cm³/mol. The van der Waals surface area contributed by atoms with Gasteiger partial charge in [0.2, 0.25) is 5.91 Å². The molecule has 15 nitrogen and oxygen atoms in total. The molecule has 0 saturated carbocycles.